The molecule has 0 heterocycles. The van der Waals surface area contributed by atoms with Gasteiger partial charge in [0.05, 0.1) is 17.4 Å². The fraction of sp³-hybridized carbons (Fsp3) is 0.950. The lowest BCUT2D eigenvalue weighted by atomic mass is 10.9. The molecule has 0 aromatic carbocycles. The van der Waals surface area contributed by atoms with E-state index in [1.807, 2.05) is 82.3 Å². The lowest BCUT2D eigenvalue weighted by Crippen LogP contribution is -2.07. The summed E-state index contributed by atoms with van der Waals surface area (Å²) in [5, 5.41) is 16.6. The molecule has 0 aromatic rings. The van der Waals surface area contributed by atoms with Crippen LogP contribution in [0.25, 0.3) is 0 Å². The SMILES string of the molecule is CCSCCS(=O)CSCSCSCSCSC(=O)CSCSCSCSCCS(=O)CCSCCO. The van der Waals surface area contributed by atoms with Crippen LogP contribution in [0.5, 0.6) is 0 Å². The summed E-state index contributed by atoms with van der Waals surface area (Å²) in [6.45, 7) is 2.33. The molecule has 0 fully saturated rings. The van der Waals surface area contributed by atoms with E-state index in [0.717, 1.165) is 86.7 Å². The van der Waals surface area contributed by atoms with Crippen LogP contribution in [0.3, 0.4) is 0 Å². The van der Waals surface area contributed by atoms with E-state index >= 15 is 0 Å². The topological polar surface area (TPSA) is 71.4 Å². The first-order valence-electron chi connectivity index (χ1n) is 11.3. The molecule has 0 rings (SSSR count). The van der Waals surface area contributed by atoms with Crippen LogP contribution in [0.2, 0.25) is 0 Å². The lowest BCUT2D eigenvalue weighted by Gasteiger charge is -2.04. The van der Waals surface area contributed by atoms with Crippen LogP contribution in [0.1, 0.15) is 6.92 Å². The summed E-state index contributed by atoms with van der Waals surface area (Å²) in [4.78, 5) is 12.0. The van der Waals surface area contributed by atoms with Crippen LogP contribution in [0.15, 0.2) is 0 Å². The van der Waals surface area contributed by atoms with E-state index in [4.69, 9.17) is 5.11 Å². The summed E-state index contributed by atoms with van der Waals surface area (Å²) in [7, 11) is -1.42. The molecule has 0 saturated heterocycles. The summed E-state index contributed by atoms with van der Waals surface area (Å²) in [5.74, 6) is 7.51. The van der Waals surface area contributed by atoms with E-state index in [-0.39, 0.29) is 11.7 Å². The Hall–Kier alpha value is 3.78. The molecule has 37 heavy (non-hydrogen) atoms. The predicted molar refractivity (Wildman–Crippen MR) is 200 cm³/mol. The molecular formula is C20H40O4S13. The first-order valence-corrected chi connectivity index (χ1v) is 26.8. The van der Waals surface area contributed by atoms with Crippen molar-refractivity contribution >= 4 is 156 Å². The highest BCUT2D eigenvalue weighted by Crippen LogP contribution is 2.25. The third-order valence-corrected chi connectivity index (χ3v) is 20.6. The van der Waals surface area contributed by atoms with E-state index in [0.29, 0.717) is 5.75 Å². The maximum atomic E-state index is 12.0. The van der Waals surface area contributed by atoms with Gasteiger partial charge in [0, 0.05) is 97.5 Å². The Morgan fingerprint density at radius 2 is 1.11 bits per heavy atom. The van der Waals surface area contributed by atoms with Crippen LogP contribution in [-0.4, -0.2) is 118 Å². The molecule has 2 atom stereocenters. The Labute approximate surface area is 277 Å². The Balaban J connectivity index is 3.27. The summed E-state index contributed by atoms with van der Waals surface area (Å²) in [5.41, 5.74) is 0. The lowest BCUT2D eigenvalue weighted by molar-refractivity contribution is -0.108. The van der Waals surface area contributed by atoms with Crippen molar-refractivity contribution in [3.63, 3.8) is 0 Å². The number of rotatable bonds is 30. The number of carbonyl (C=O) groups is 1. The Morgan fingerprint density at radius 1 is 0.595 bits per heavy atom. The van der Waals surface area contributed by atoms with Crippen molar-refractivity contribution in [3.8, 4) is 0 Å². The quantitative estimate of drug-likeness (QED) is 0.0620. The minimum atomic E-state index is -0.737. The highest BCUT2D eigenvalue weighted by molar-refractivity contribution is 8.31. The largest absolute Gasteiger partial charge is 0.396 e. The number of thioether (sulfide) groups is 11. The number of carbonyl (C=O) groups excluding carboxylic acids is 1. The molecule has 0 aliphatic carbocycles. The standard InChI is InChI=1S/C20H40O4S13/c1-2-25-5-10-37(24)19-34-17-32-15-31-16-33-18-35-20(22)11-28-13-30-14-29-12-27-7-9-36(23)8-6-26-4-3-21/h21H,2-19H2,1H3. The third kappa shape index (κ3) is 34.1. The van der Waals surface area contributed by atoms with Crippen LogP contribution in [0.4, 0.5) is 0 Å². The predicted octanol–water partition coefficient (Wildman–Crippen LogP) is 6.75. The molecule has 0 spiro atoms. The normalized spacial score (nSPS) is 13.1. The highest BCUT2D eigenvalue weighted by atomic mass is 32.3. The van der Waals surface area contributed by atoms with Gasteiger partial charge in [0.1, 0.15) is 0 Å². The highest BCUT2D eigenvalue weighted by Gasteiger charge is 2.04. The van der Waals surface area contributed by atoms with Crippen molar-refractivity contribution in [1.82, 2.24) is 0 Å². The summed E-state index contributed by atoms with van der Waals surface area (Å²) in [6, 6.07) is 0. The van der Waals surface area contributed by atoms with Crippen LogP contribution in [-0.2, 0) is 26.4 Å². The van der Waals surface area contributed by atoms with Gasteiger partial charge in [0.15, 0.2) is 5.12 Å². The third-order valence-electron chi connectivity index (χ3n) is 3.54. The molecular weight excluding hydrogens is 721 g/mol. The molecule has 0 bridgehead atoms. The molecule has 0 saturated carbocycles. The zero-order valence-corrected chi connectivity index (χ0v) is 31.8. The van der Waals surface area contributed by atoms with Crippen molar-refractivity contribution in [2.75, 3.05) is 99.1 Å². The number of aliphatic hydroxyl groups excluding tert-OH is 1. The zero-order valence-electron chi connectivity index (χ0n) is 21.2. The monoisotopic (exact) mass is 760 g/mol. The van der Waals surface area contributed by atoms with E-state index in [2.05, 4.69) is 6.92 Å². The summed E-state index contributed by atoms with van der Waals surface area (Å²) < 4.78 is 23.6. The molecule has 17 heteroatoms. The zero-order chi connectivity index (χ0) is 27.2. The summed E-state index contributed by atoms with van der Waals surface area (Å²) >= 11 is 19.6. The number of hydrogen-bond acceptors (Lipinski definition) is 15. The number of aliphatic hydroxyl groups is 1. The van der Waals surface area contributed by atoms with Crippen molar-refractivity contribution in [2.24, 2.45) is 0 Å². The molecule has 0 amide bonds. The second kappa shape index (κ2) is 34.3. The molecule has 4 nitrogen and oxygen atoms in total. The van der Waals surface area contributed by atoms with Crippen LogP contribution < -0.4 is 0 Å². The molecule has 0 aliphatic rings. The average molecular weight is 761 g/mol. The van der Waals surface area contributed by atoms with Gasteiger partial charge < -0.3 is 5.11 Å². The Kier molecular flexibility index (Phi) is 37.8. The molecule has 0 aromatic heterocycles. The van der Waals surface area contributed by atoms with Gasteiger partial charge in [-0.05, 0) is 5.75 Å². The van der Waals surface area contributed by atoms with Crippen molar-refractivity contribution in [2.45, 2.75) is 6.92 Å². The van der Waals surface area contributed by atoms with Gasteiger partial charge in [0.2, 0.25) is 0 Å². The van der Waals surface area contributed by atoms with E-state index in [9.17, 15) is 13.2 Å². The smallest absolute Gasteiger partial charge is 0.199 e. The minimum absolute atomic E-state index is 0.195. The first kappa shape index (κ1) is 40.8. The molecule has 222 valence electrons. The Bertz CT molecular complexity index is 560. The molecule has 0 radical (unpaired) electrons. The number of hydrogen-bond donors (Lipinski definition) is 1. The van der Waals surface area contributed by atoms with Gasteiger partial charge in [0.25, 0.3) is 0 Å². The van der Waals surface area contributed by atoms with Crippen LogP contribution in [0, 0.1) is 0 Å². The van der Waals surface area contributed by atoms with Gasteiger partial charge >= 0.3 is 0 Å². The first-order chi connectivity index (χ1) is 18.1. The maximum absolute atomic E-state index is 12.0. The molecule has 2 unspecified atom stereocenters. The second-order valence-corrected chi connectivity index (χ2v) is 24.3. The fourth-order valence-corrected chi connectivity index (χ4v) is 18.1. The van der Waals surface area contributed by atoms with Crippen LogP contribution >= 0.6 is 129 Å². The van der Waals surface area contributed by atoms with Crippen molar-refractivity contribution in [1.29, 1.82) is 0 Å². The van der Waals surface area contributed by atoms with Gasteiger partial charge in [-0.2, -0.15) is 35.3 Å². The fourth-order valence-electron chi connectivity index (χ4n) is 1.91. The van der Waals surface area contributed by atoms with E-state index < -0.39 is 21.6 Å². The van der Waals surface area contributed by atoms with Gasteiger partial charge in [-0.15, -0.1) is 82.3 Å². The van der Waals surface area contributed by atoms with Gasteiger partial charge in [-0.1, -0.05) is 18.7 Å². The van der Waals surface area contributed by atoms with E-state index in [1.165, 1.54) is 11.8 Å². The second-order valence-electron chi connectivity index (χ2n) is 6.47. The van der Waals surface area contributed by atoms with Crippen molar-refractivity contribution in [3.05, 3.63) is 0 Å². The van der Waals surface area contributed by atoms with E-state index in [1.54, 1.807) is 35.3 Å². The van der Waals surface area contributed by atoms with Gasteiger partial charge in [-0.3, -0.25) is 13.2 Å². The Morgan fingerprint density at radius 3 is 1.76 bits per heavy atom. The van der Waals surface area contributed by atoms with Crippen molar-refractivity contribution < 1.29 is 18.3 Å². The summed E-state index contributed by atoms with van der Waals surface area (Å²) in [6.07, 6.45) is 0. The minimum Gasteiger partial charge on any atom is -0.396 e. The molecule has 0 aliphatic heterocycles. The maximum Gasteiger partial charge on any atom is 0.199 e. The average Bonchev–Trinajstić information content (AvgIpc) is 2.89. The molecule has 1 N–H and O–H groups in total. The van der Waals surface area contributed by atoms with Gasteiger partial charge in [-0.25, -0.2) is 0 Å².